The Labute approximate surface area is 91.9 Å². The van der Waals surface area contributed by atoms with Crippen LogP contribution in [-0.2, 0) is 11.3 Å². The van der Waals surface area contributed by atoms with Crippen molar-refractivity contribution in [2.24, 2.45) is 0 Å². The van der Waals surface area contributed by atoms with Crippen LogP contribution in [0.1, 0.15) is 29.2 Å². The van der Waals surface area contributed by atoms with Gasteiger partial charge in [-0.2, -0.15) is 0 Å². The maximum Gasteiger partial charge on any atom is 0.354 e. The minimum Gasteiger partial charge on any atom is -0.477 e. The molecule has 1 aromatic rings. The normalized spacial score (nSPS) is 15.5. The predicted molar refractivity (Wildman–Crippen MR) is 53.6 cm³/mol. The first-order chi connectivity index (χ1) is 7.66. The fourth-order valence-corrected chi connectivity index (χ4v) is 1.64. The molecule has 0 spiro atoms. The molecule has 0 aromatic carbocycles. The van der Waals surface area contributed by atoms with Crippen molar-refractivity contribution < 1.29 is 14.7 Å². The van der Waals surface area contributed by atoms with E-state index >= 15 is 0 Å². The first-order valence-electron chi connectivity index (χ1n) is 5.00. The molecule has 84 valence electrons. The predicted octanol–water partition coefficient (Wildman–Crippen LogP) is 0.297. The van der Waals surface area contributed by atoms with Gasteiger partial charge in [0.2, 0.25) is 5.91 Å². The highest BCUT2D eigenvalue weighted by molar-refractivity contribution is 5.85. The average molecular weight is 221 g/mol. The third-order valence-electron chi connectivity index (χ3n) is 2.43. The first kappa shape index (κ1) is 10.5. The Morgan fingerprint density at radius 3 is 3.00 bits per heavy atom. The van der Waals surface area contributed by atoms with Crippen LogP contribution in [0.2, 0.25) is 0 Å². The fourth-order valence-electron chi connectivity index (χ4n) is 1.64. The minimum absolute atomic E-state index is 0.0448. The van der Waals surface area contributed by atoms with E-state index in [1.54, 1.807) is 4.90 Å². The van der Waals surface area contributed by atoms with Crippen LogP contribution in [0, 0.1) is 0 Å². The van der Waals surface area contributed by atoms with Gasteiger partial charge >= 0.3 is 5.97 Å². The first-order valence-corrected chi connectivity index (χ1v) is 5.00. The molecule has 0 bridgehead atoms. The van der Waals surface area contributed by atoms with Gasteiger partial charge in [-0.05, 0) is 12.5 Å². The second-order valence-corrected chi connectivity index (χ2v) is 3.58. The Bertz CT molecular complexity index is 433. The maximum absolute atomic E-state index is 11.4. The van der Waals surface area contributed by atoms with Crippen LogP contribution < -0.4 is 0 Å². The number of carboxylic acids is 1. The van der Waals surface area contributed by atoms with Crippen LogP contribution in [-0.4, -0.2) is 38.4 Å². The highest BCUT2D eigenvalue weighted by Crippen LogP contribution is 2.12. The molecule has 0 radical (unpaired) electrons. The number of carbonyl (C=O) groups excluding carboxylic acids is 1. The standard InChI is InChI=1S/C10H11N3O3/c14-9-2-1-5-13(9)6-8-11-4-3-7(12-8)10(15)16/h3-4H,1-2,5-6H2,(H,15,16). The van der Waals surface area contributed by atoms with Gasteiger partial charge in [0.1, 0.15) is 5.82 Å². The van der Waals surface area contributed by atoms with E-state index in [0.717, 1.165) is 6.42 Å². The highest BCUT2D eigenvalue weighted by Gasteiger charge is 2.21. The van der Waals surface area contributed by atoms with Crippen molar-refractivity contribution >= 4 is 11.9 Å². The van der Waals surface area contributed by atoms with Crippen LogP contribution in [0.3, 0.4) is 0 Å². The van der Waals surface area contributed by atoms with Gasteiger partial charge in [-0.25, -0.2) is 14.8 Å². The summed E-state index contributed by atoms with van der Waals surface area (Å²) in [6.07, 6.45) is 2.79. The van der Waals surface area contributed by atoms with E-state index in [2.05, 4.69) is 9.97 Å². The molecule has 16 heavy (non-hydrogen) atoms. The van der Waals surface area contributed by atoms with Crippen molar-refractivity contribution in [1.29, 1.82) is 0 Å². The summed E-state index contributed by atoms with van der Waals surface area (Å²) in [6.45, 7) is 0.986. The van der Waals surface area contributed by atoms with Gasteiger partial charge in [0.25, 0.3) is 0 Å². The van der Waals surface area contributed by atoms with Crippen LogP contribution >= 0.6 is 0 Å². The Hall–Kier alpha value is -1.98. The number of carboxylic acid groups (broad SMARTS) is 1. The van der Waals surface area contributed by atoms with Crippen LogP contribution in [0.4, 0.5) is 0 Å². The van der Waals surface area contributed by atoms with Crippen molar-refractivity contribution in [2.45, 2.75) is 19.4 Å². The Morgan fingerprint density at radius 1 is 1.56 bits per heavy atom. The molecular weight excluding hydrogens is 210 g/mol. The van der Waals surface area contributed by atoms with Crippen molar-refractivity contribution in [3.63, 3.8) is 0 Å². The second kappa shape index (κ2) is 4.26. The number of rotatable bonds is 3. The van der Waals surface area contributed by atoms with Crippen molar-refractivity contribution in [1.82, 2.24) is 14.9 Å². The van der Waals surface area contributed by atoms with Crippen molar-refractivity contribution in [2.75, 3.05) is 6.54 Å². The Balaban J connectivity index is 2.12. The molecular formula is C10H11N3O3. The van der Waals surface area contributed by atoms with Gasteiger partial charge in [-0.1, -0.05) is 0 Å². The molecule has 1 aliphatic heterocycles. The fraction of sp³-hybridized carbons (Fsp3) is 0.400. The molecule has 0 saturated carbocycles. The minimum atomic E-state index is -1.09. The molecule has 0 unspecified atom stereocenters. The topological polar surface area (TPSA) is 83.4 Å². The van der Waals surface area contributed by atoms with E-state index in [1.165, 1.54) is 12.3 Å². The Morgan fingerprint density at radius 2 is 2.38 bits per heavy atom. The highest BCUT2D eigenvalue weighted by atomic mass is 16.4. The molecule has 1 aromatic heterocycles. The zero-order chi connectivity index (χ0) is 11.5. The molecule has 2 heterocycles. The van der Waals surface area contributed by atoms with E-state index in [0.29, 0.717) is 25.3 Å². The molecule has 0 aliphatic carbocycles. The van der Waals surface area contributed by atoms with Gasteiger partial charge in [-0.15, -0.1) is 0 Å². The van der Waals surface area contributed by atoms with Gasteiger partial charge < -0.3 is 10.0 Å². The number of likely N-dealkylation sites (tertiary alicyclic amines) is 1. The summed E-state index contributed by atoms with van der Waals surface area (Å²) in [7, 11) is 0. The summed E-state index contributed by atoms with van der Waals surface area (Å²) >= 11 is 0. The van der Waals surface area contributed by atoms with E-state index in [1.807, 2.05) is 0 Å². The lowest BCUT2D eigenvalue weighted by molar-refractivity contribution is -0.128. The number of amides is 1. The summed E-state index contributed by atoms with van der Waals surface area (Å²) in [5.41, 5.74) is -0.0448. The average Bonchev–Trinajstić information content (AvgIpc) is 2.65. The lowest BCUT2D eigenvalue weighted by Crippen LogP contribution is -2.25. The SMILES string of the molecule is O=C(O)c1ccnc(CN2CCCC2=O)n1. The quantitative estimate of drug-likeness (QED) is 0.793. The third-order valence-corrected chi connectivity index (χ3v) is 2.43. The number of hydrogen-bond acceptors (Lipinski definition) is 4. The summed E-state index contributed by atoms with van der Waals surface area (Å²) in [4.78, 5) is 31.5. The number of carbonyl (C=O) groups is 2. The monoisotopic (exact) mass is 221 g/mol. The van der Waals surface area contributed by atoms with Crippen LogP contribution in [0.25, 0.3) is 0 Å². The number of hydrogen-bond donors (Lipinski definition) is 1. The zero-order valence-electron chi connectivity index (χ0n) is 8.59. The molecule has 1 saturated heterocycles. The number of aromatic nitrogens is 2. The number of aromatic carboxylic acids is 1. The summed E-state index contributed by atoms with van der Waals surface area (Å²) in [5, 5.41) is 8.75. The molecule has 1 aliphatic rings. The summed E-state index contributed by atoms with van der Waals surface area (Å²) in [6, 6.07) is 1.33. The van der Waals surface area contributed by atoms with E-state index < -0.39 is 5.97 Å². The van der Waals surface area contributed by atoms with Gasteiger partial charge in [0.05, 0.1) is 6.54 Å². The lowest BCUT2D eigenvalue weighted by atomic mass is 10.4. The Kier molecular flexibility index (Phi) is 2.80. The molecule has 0 atom stereocenters. The van der Waals surface area contributed by atoms with E-state index in [9.17, 15) is 9.59 Å². The van der Waals surface area contributed by atoms with E-state index in [-0.39, 0.29) is 11.6 Å². The largest absolute Gasteiger partial charge is 0.477 e. The number of nitrogens with zero attached hydrogens (tertiary/aromatic N) is 3. The van der Waals surface area contributed by atoms with Crippen molar-refractivity contribution in [3.05, 3.63) is 23.8 Å². The molecule has 1 amide bonds. The van der Waals surface area contributed by atoms with Crippen LogP contribution in [0.15, 0.2) is 12.3 Å². The molecule has 2 rings (SSSR count). The molecule has 1 N–H and O–H groups in total. The smallest absolute Gasteiger partial charge is 0.354 e. The van der Waals surface area contributed by atoms with Crippen molar-refractivity contribution in [3.8, 4) is 0 Å². The maximum atomic E-state index is 11.4. The lowest BCUT2D eigenvalue weighted by Gasteiger charge is -2.13. The van der Waals surface area contributed by atoms with Gasteiger partial charge in [-0.3, -0.25) is 4.79 Å². The third kappa shape index (κ3) is 2.16. The van der Waals surface area contributed by atoms with Gasteiger partial charge in [0.15, 0.2) is 5.69 Å². The molecule has 6 nitrogen and oxygen atoms in total. The summed E-state index contributed by atoms with van der Waals surface area (Å²) < 4.78 is 0. The zero-order valence-corrected chi connectivity index (χ0v) is 8.59. The van der Waals surface area contributed by atoms with Gasteiger partial charge in [0, 0.05) is 19.2 Å². The van der Waals surface area contributed by atoms with E-state index in [4.69, 9.17) is 5.11 Å². The molecule has 6 heteroatoms. The molecule has 1 fully saturated rings. The summed E-state index contributed by atoms with van der Waals surface area (Å²) in [5.74, 6) is -0.643. The second-order valence-electron chi connectivity index (χ2n) is 3.58. The van der Waals surface area contributed by atoms with Crippen LogP contribution in [0.5, 0.6) is 0 Å².